The Morgan fingerprint density at radius 3 is 2.52 bits per heavy atom. The third-order valence-electron chi connectivity index (χ3n) is 5.07. The van der Waals surface area contributed by atoms with Crippen LogP contribution in [-0.4, -0.2) is 71.1 Å². The van der Waals surface area contributed by atoms with Gasteiger partial charge in [0.2, 0.25) is 5.72 Å². The summed E-state index contributed by atoms with van der Waals surface area (Å²) in [6, 6.07) is 0. The van der Waals surface area contributed by atoms with Gasteiger partial charge in [-0.05, 0) is 18.8 Å². The number of aromatic nitrogens is 2. The van der Waals surface area contributed by atoms with Crippen LogP contribution in [0.5, 0.6) is 0 Å². The fraction of sp³-hybridized carbons (Fsp3) is 0.765. The van der Waals surface area contributed by atoms with E-state index in [2.05, 4.69) is 0 Å². The molecular weight excluding hydrogens is 393 g/mol. The lowest BCUT2D eigenvalue weighted by Gasteiger charge is -2.43. The van der Waals surface area contributed by atoms with Crippen molar-refractivity contribution in [2.24, 2.45) is 0 Å². The molecule has 6 N–H and O–H groups in total. The van der Waals surface area contributed by atoms with E-state index in [1.165, 1.54) is 0 Å². The van der Waals surface area contributed by atoms with Gasteiger partial charge in [0.1, 0.15) is 12.2 Å². The zero-order valence-electron chi connectivity index (χ0n) is 16.4. The number of aliphatic hydroxyl groups is 4. The van der Waals surface area contributed by atoms with Crippen LogP contribution in [0.2, 0.25) is 0 Å². The number of aliphatic hydroxyl groups excluding tert-OH is 2. The molecule has 0 radical (unpaired) electrons. The Hall–Kier alpha value is -1.67. The number of halogens is 1. The molecule has 1 aromatic heterocycles. The smallest absolute Gasteiger partial charge is 0.332 e. The molecule has 0 aromatic carbocycles. The summed E-state index contributed by atoms with van der Waals surface area (Å²) in [5.74, 6) is -3.67. The predicted molar refractivity (Wildman–Crippen MR) is 96.6 cm³/mol. The van der Waals surface area contributed by atoms with E-state index in [0.29, 0.717) is 17.4 Å². The van der Waals surface area contributed by atoms with Gasteiger partial charge in [0.25, 0.3) is 5.56 Å². The Bertz CT molecular complexity index is 830. The lowest BCUT2D eigenvalue weighted by molar-refractivity contribution is -0.428. The van der Waals surface area contributed by atoms with Crippen LogP contribution >= 0.6 is 0 Å². The van der Waals surface area contributed by atoms with Gasteiger partial charge in [0.15, 0.2) is 6.30 Å². The Morgan fingerprint density at radius 1 is 1.38 bits per heavy atom. The maximum atomic E-state index is 14.5. The van der Waals surface area contributed by atoms with E-state index in [-0.39, 0.29) is 17.0 Å². The summed E-state index contributed by atoms with van der Waals surface area (Å²) in [5.41, 5.74) is -5.27. The summed E-state index contributed by atoms with van der Waals surface area (Å²) in [6.07, 6.45) is -4.65. The van der Waals surface area contributed by atoms with Crippen molar-refractivity contribution in [3.05, 3.63) is 32.6 Å². The van der Waals surface area contributed by atoms with Crippen molar-refractivity contribution in [3.63, 3.8) is 0 Å². The van der Waals surface area contributed by atoms with E-state index in [4.69, 9.17) is 4.74 Å². The summed E-state index contributed by atoms with van der Waals surface area (Å²) in [4.78, 5) is 26.3. The van der Waals surface area contributed by atoms with Crippen LogP contribution in [0.3, 0.4) is 0 Å². The number of nitrogens with one attached hydrogen (secondary N) is 1. The minimum absolute atomic E-state index is 0.0122. The standard InChI is InChI=1S/C17H28FN3O8/c1-4-5-6-12(18)21(28)16(26)13(23)11(8-22)29-17(16,27)20-7-10(9(2)3)14(24)19-15(20)25/h7,9,11-13,22-23,26-28H,4-6,8H2,1-3H3,(H,19,24,25)/t11-,12?,13-,16-,17+/m1/s1. The molecule has 0 amide bonds. The van der Waals surface area contributed by atoms with Gasteiger partial charge in [-0.1, -0.05) is 27.2 Å². The molecule has 29 heavy (non-hydrogen) atoms. The van der Waals surface area contributed by atoms with E-state index in [1.54, 1.807) is 20.8 Å². The van der Waals surface area contributed by atoms with Gasteiger partial charge in [0, 0.05) is 11.8 Å². The van der Waals surface area contributed by atoms with Crippen molar-refractivity contribution in [2.45, 2.75) is 76.1 Å². The highest BCUT2D eigenvalue weighted by Gasteiger charge is 2.71. The number of H-pyrrole nitrogens is 1. The summed E-state index contributed by atoms with van der Waals surface area (Å²) >= 11 is 0. The molecule has 2 heterocycles. The molecule has 1 aliphatic rings. The third-order valence-corrected chi connectivity index (χ3v) is 5.07. The molecule has 0 spiro atoms. The number of hydrogen-bond acceptors (Lipinski definition) is 9. The number of alkyl halides is 1. The molecule has 1 fully saturated rings. The minimum atomic E-state index is -3.29. The highest BCUT2D eigenvalue weighted by Crippen LogP contribution is 2.44. The molecule has 166 valence electrons. The second-order valence-corrected chi connectivity index (χ2v) is 7.41. The van der Waals surface area contributed by atoms with Crippen LogP contribution in [0.15, 0.2) is 15.8 Å². The number of hydrogen-bond donors (Lipinski definition) is 6. The molecule has 1 aromatic rings. The van der Waals surface area contributed by atoms with E-state index in [0.717, 1.165) is 6.20 Å². The highest BCUT2D eigenvalue weighted by atomic mass is 19.1. The maximum Gasteiger partial charge on any atom is 0.332 e. The van der Waals surface area contributed by atoms with Crippen LogP contribution in [0.4, 0.5) is 4.39 Å². The number of rotatable bonds is 8. The van der Waals surface area contributed by atoms with Gasteiger partial charge >= 0.3 is 11.6 Å². The first-order valence-corrected chi connectivity index (χ1v) is 9.35. The van der Waals surface area contributed by atoms with E-state index < -0.39 is 53.9 Å². The molecule has 1 aliphatic heterocycles. The van der Waals surface area contributed by atoms with Crippen molar-refractivity contribution in [2.75, 3.05) is 6.61 Å². The molecule has 0 bridgehead atoms. The normalized spacial score (nSPS) is 31.0. The van der Waals surface area contributed by atoms with E-state index >= 15 is 0 Å². The molecule has 11 nitrogen and oxygen atoms in total. The molecule has 12 heteroatoms. The summed E-state index contributed by atoms with van der Waals surface area (Å²) in [7, 11) is 0. The average Bonchev–Trinajstić information content (AvgIpc) is 2.87. The van der Waals surface area contributed by atoms with Crippen molar-refractivity contribution in [1.29, 1.82) is 0 Å². The Balaban J connectivity index is 2.68. The van der Waals surface area contributed by atoms with Crippen LogP contribution in [-0.2, 0) is 10.6 Å². The van der Waals surface area contributed by atoms with E-state index in [9.17, 15) is 39.6 Å². The zero-order valence-corrected chi connectivity index (χ0v) is 16.4. The number of aromatic amines is 1. The topological polar surface area (TPSA) is 168 Å². The molecule has 0 saturated carbocycles. The first kappa shape index (κ1) is 23.6. The maximum absolute atomic E-state index is 14.5. The van der Waals surface area contributed by atoms with E-state index in [1.807, 2.05) is 4.98 Å². The largest absolute Gasteiger partial charge is 0.394 e. The monoisotopic (exact) mass is 421 g/mol. The quantitative estimate of drug-likeness (QED) is 0.173. The second kappa shape index (κ2) is 8.60. The van der Waals surface area contributed by atoms with Crippen molar-refractivity contribution in [1.82, 2.24) is 14.6 Å². The second-order valence-electron chi connectivity index (χ2n) is 7.41. The molecular formula is C17H28FN3O8. The van der Waals surface area contributed by atoms with Crippen molar-refractivity contribution < 1.29 is 34.8 Å². The number of unbranched alkanes of at least 4 members (excludes halogenated alkanes) is 1. The first-order chi connectivity index (χ1) is 13.4. The lowest BCUT2D eigenvalue weighted by atomic mass is 9.99. The van der Waals surface area contributed by atoms with Crippen LogP contribution in [0.25, 0.3) is 0 Å². The summed E-state index contributed by atoms with van der Waals surface area (Å²) in [5, 5.41) is 52.0. The molecule has 5 atom stereocenters. The molecule has 2 rings (SSSR count). The SMILES string of the molecule is CCCCC(F)N(O)[C@@]1(O)[C@H](O)[C@@H](CO)O[C@]1(O)n1cc(C(C)C)c(=O)[nH]c1=O. The lowest BCUT2D eigenvalue weighted by Crippen LogP contribution is -2.69. The van der Waals surface area contributed by atoms with Crippen molar-refractivity contribution >= 4 is 0 Å². The minimum Gasteiger partial charge on any atom is -0.394 e. The number of ether oxygens (including phenoxy) is 1. The summed E-state index contributed by atoms with van der Waals surface area (Å²) in [6.45, 7) is 4.08. The van der Waals surface area contributed by atoms with Crippen LogP contribution < -0.4 is 11.2 Å². The fourth-order valence-electron chi connectivity index (χ4n) is 3.30. The predicted octanol–water partition coefficient (Wildman–Crippen LogP) is -1.12. The van der Waals surface area contributed by atoms with Gasteiger partial charge in [-0.25, -0.2) is 13.8 Å². The van der Waals surface area contributed by atoms with Crippen molar-refractivity contribution in [3.8, 4) is 0 Å². The first-order valence-electron chi connectivity index (χ1n) is 9.35. The molecule has 1 unspecified atom stereocenters. The Morgan fingerprint density at radius 2 is 2.00 bits per heavy atom. The molecule has 0 aliphatic carbocycles. The number of nitrogens with zero attached hydrogens (tertiary/aromatic N) is 2. The average molecular weight is 421 g/mol. The Labute approximate surface area is 165 Å². The van der Waals surface area contributed by atoms with Gasteiger partial charge in [-0.3, -0.25) is 9.78 Å². The zero-order chi connectivity index (χ0) is 22.1. The highest BCUT2D eigenvalue weighted by molar-refractivity contribution is 5.13. The van der Waals surface area contributed by atoms with Gasteiger partial charge in [-0.15, -0.1) is 5.06 Å². The number of hydroxylamine groups is 2. The molecule has 1 saturated heterocycles. The van der Waals surface area contributed by atoms with Crippen LogP contribution in [0.1, 0.15) is 51.5 Å². The Kier molecular flexibility index (Phi) is 7.00. The van der Waals surface area contributed by atoms with Gasteiger partial charge in [0.05, 0.1) is 6.61 Å². The fourth-order valence-corrected chi connectivity index (χ4v) is 3.30. The van der Waals surface area contributed by atoms with Gasteiger partial charge < -0.3 is 30.4 Å². The third kappa shape index (κ3) is 3.77. The van der Waals surface area contributed by atoms with Crippen LogP contribution in [0, 0.1) is 0 Å². The van der Waals surface area contributed by atoms with Gasteiger partial charge in [-0.2, -0.15) is 0 Å². The summed E-state index contributed by atoms with van der Waals surface area (Å²) < 4.78 is 20.0.